The van der Waals surface area contributed by atoms with Gasteiger partial charge in [0, 0.05) is 25.1 Å². The molecule has 0 radical (unpaired) electrons. The number of rotatable bonds is 6. The van der Waals surface area contributed by atoms with Crippen LogP contribution in [-0.2, 0) is 4.79 Å². The maximum absolute atomic E-state index is 13.1. The third kappa shape index (κ3) is 4.54. The van der Waals surface area contributed by atoms with Crippen molar-refractivity contribution in [2.24, 2.45) is 5.41 Å². The van der Waals surface area contributed by atoms with Crippen molar-refractivity contribution in [3.63, 3.8) is 0 Å². The van der Waals surface area contributed by atoms with E-state index in [1.165, 1.54) is 12.1 Å². The van der Waals surface area contributed by atoms with Crippen molar-refractivity contribution in [1.29, 1.82) is 0 Å². The Kier molecular flexibility index (Phi) is 6.35. The zero-order valence-corrected chi connectivity index (χ0v) is 15.0. The van der Waals surface area contributed by atoms with E-state index in [4.69, 9.17) is 0 Å². The van der Waals surface area contributed by atoms with E-state index >= 15 is 0 Å². The summed E-state index contributed by atoms with van der Waals surface area (Å²) < 4.78 is 13.1. The number of aliphatic hydroxyl groups is 1. The highest BCUT2D eigenvalue weighted by molar-refractivity contribution is 5.78. The van der Waals surface area contributed by atoms with Gasteiger partial charge in [0.1, 0.15) is 5.82 Å². The second-order valence-electron chi connectivity index (χ2n) is 7.19. The average molecular weight is 336 g/mol. The minimum absolute atomic E-state index is 0.0801. The minimum atomic E-state index is -0.267. The number of carbonyl (C=O) groups is 1. The van der Waals surface area contributed by atoms with Crippen LogP contribution in [0, 0.1) is 11.2 Å². The Morgan fingerprint density at radius 1 is 1.42 bits per heavy atom. The predicted molar refractivity (Wildman–Crippen MR) is 93.1 cm³/mol. The van der Waals surface area contributed by atoms with E-state index in [0.29, 0.717) is 13.1 Å². The first kappa shape index (κ1) is 18.9. The quantitative estimate of drug-likeness (QED) is 0.869. The van der Waals surface area contributed by atoms with Gasteiger partial charge in [-0.1, -0.05) is 19.1 Å². The van der Waals surface area contributed by atoms with E-state index in [1.54, 1.807) is 12.1 Å². The molecule has 1 aliphatic heterocycles. The maximum Gasteiger partial charge on any atom is 0.237 e. The number of likely N-dealkylation sites (tertiary alicyclic amines) is 1. The lowest BCUT2D eigenvalue weighted by molar-refractivity contribution is -0.135. The molecule has 24 heavy (non-hydrogen) atoms. The third-order valence-electron chi connectivity index (χ3n) is 5.08. The van der Waals surface area contributed by atoms with Gasteiger partial charge in [-0.05, 0) is 50.9 Å². The van der Waals surface area contributed by atoms with Crippen LogP contribution in [0.15, 0.2) is 24.3 Å². The molecule has 2 rings (SSSR count). The molecule has 1 saturated heterocycles. The van der Waals surface area contributed by atoms with Crippen LogP contribution in [-0.4, -0.2) is 53.6 Å². The first-order chi connectivity index (χ1) is 11.4. The highest BCUT2D eigenvalue weighted by Gasteiger charge is 2.32. The van der Waals surface area contributed by atoms with Crippen LogP contribution in [0.25, 0.3) is 0 Å². The van der Waals surface area contributed by atoms with E-state index < -0.39 is 0 Å². The molecular formula is C19H29FN2O2. The van der Waals surface area contributed by atoms with Crippen molar-refractivity contribution in [2.75, 3.05) is 32.8 Å². The normalized spacial score (nSPS) is 23.0. The standard InChI is InChI=1S/C19H29FN2O2/c1-4-22(15(2)16-6-8-17(20)9-7-16)18(24)12-21-11-5-10-19(3,13-21)14-23/h6-9,15,23H,4-5,10-14H2,1-3H3. The number of hydrogen-bond donors (Lipinski definition) is 1. The fourth-order valence-corrected chi connectivity index (χ4v) is 3.56. The summed E-state index contributed by atoms with van der Waals surface area (Å²) in [5, 5.41) is 9.56. The summed E-state index contributed by atoms with van der Waals surface area (Å²) in [4.78, 5) is 16.7. The molecule has 0 aromatic heterocycles. The highest BCUT2D eigenvalue weighted by Crippen LogP contribution is 2.29. The summed E-state index contributed by atoms with van der Waals surface area (Å²) in [5.41, 5.74) is 0.823. The summed E-state index contributed by atoms with van der Waals surface area (Å²) in [6, 6.07) is 6.25. The van der Waals surface area contributed by atoms with Crippen molar-refractivity contribution in [1.82, 2.24) is 9.80 Å². The van der Waals surface area contributed by atoms with Gasteiger partial charge < -0.3 is 10.0 Å². The number of likely N-dealkylation sites (N-methyl/N-ethyl adjacent to an activating group) is 1. The Morgan fingerprint density at radius 3 is 2.67 bits per heavy atom. The van der Waals surface area contributed by atoms with E-state index in [0.717, 1.165) is 31.5 Å². The van der Waals surface area contributed by atoms with Gasteiger partial charge in [0.2, 0.25) is 5.91 Å². The second kappa shape index (κ2) is 8.08. The van der Waals surface area contributed by atoms with Gasteiger partial charge >= 0.3 is 0 Å². The molecule has 1 heterocycles. The van der Waals surface area contributed by atoms with Crippen LogP contribution in [0.4, 0.5) is 4.39 Å². The molecule has 1 amide bonds. The van der Waals surface area contributed by atoms with Gasteiger partial charge in [0.05, 0.1) is 12.6 Å². The second-order valence-corrected chi connectivity index (χ2v) is 7.19. The van der Waals surface area contributed by atoms with Gasteiger partial charge in [-0.15, -0.1) is 0 Å². The van der Waals surface area contributed by atoms with Crippen molar-refractivity contribution < 1.29 is 14.3 Å². The van der Waals surface area contributed by atoms with E-state index in [2.05, 4.69) is 11.8 Å². The van der Waals surface area contributed by atoms with E-state index in [-0.39, 0.29) is 29.8 Å². The zero-order chi connectivity index (χ0) is 17.7. The molecule has 1 N–H and O–H groups in total. The van der Waals surface area contributed by atoms with Gasteiger partial charge in [0.15, 0.2) is 0 Å². The molecule has 134 valence electrons. The van der Waals surface area contributed by atoms with Crippen LogP contribution in [0.1, 0.15) is 45.2 Å². The molecule has 1 aliphatic rings. The van der Waals surface area contributed by atoms with Crippen molar-refractivity contribution in [3.8, 4) is 0 Å². The number of amides is 1. The first-order valence-electron chi connectivity index (χ1n) is 8.76. The average Bonchev–Trinajstić information content (AvgIpc) is 2.56. The van der Waals surface area contributed by atoms with Crippen LogP contribution < -0.4 is 0 Å². The van der Waals surface area contributed by atoms with Gasteiger partial charge in [-0.2, -0.15) is 0 Å². The van der Waals surface area contributed by atoms with Crippen LogP contribution >= 0.6 is 0 Å². The lowest BCUT2D eigenvalue weighted by Crippen LogP contribution is -2.48. The molecule has 2 unspecified atom stereocenters. The summed E-state index contributed by atoms with van der Waals surface area (Å²) >= 11 is 0. The smallest absolute Gasteiger partial charge is 0.237 e. The summed E-state index contributed by atoms with van der Waals surface area (Å²) in [6.07, 6.45) is 2.00. The number of piperidine rings is 1. The molecule has 0 bridgehead atoms. The van der Waals surface area contributed by atoms with Crippen LogP contribution in [0.2, 0.25) is 0 Å². The summed E-state index contributed by atoms with van der Waals surface area (Å²) in [5.74, 6) is -0.187. The lowest BCUT2D eigenvalue weighted by Gasteiger charge is -2.40. The number of benzene rings is 1. The van der Waals surface area contributed by atoms with Crippen molar-refractivity contribution in [3.05, 3.63) is 35.6 Å². The fraction of sp³-hybridized carbons (Fsp3) is 0.632. The van der Waals surface area contributed by atoms with Crippen LogP contribution in [0.3, 0.4) is 0 Å². The number of carbonyl (C=O) groups excluding carboxylic acids is 1. The van der Waals surface area contributed by atoms with E-state index in [9.17, 15) is 14.3 Å². The molecule has 1 fully saturated rings. The van der Waals surface area contributed by atoms with Gasteiger partial charge in [0.25, 0.3) is 0 Å². The van der Waals surface area contributed by atoms with E-state index in [1.807, 2.05) is 18.7 Å². The molecule has 0 aliphatic carbocycles. The lowest BCUT2D eigenvalue weighted by atomic mass is 9.83. The largest absolute Gasteiger partial charge is 0.396 e. The Bertz CT molecular complexity index is 549. The van der Waals surface area contributed by atoms with Crippen molar-refractivity contribution >= 4 is 5.91 Å². The minimum Gasteiger partial charge on any atom is -0.396 e. The molecule has 1 aromatic carbocycles. The molecule has 2 atom stereocenters. The zero-order valence-electron chi connectivity index (χ0n) is 15.0. The Hall–Kier alpha value is -1.46. The van der Waals surface area contributed by atoms with Crippen LogP contribution in [0.5, 0.6) is 0 Å². The first-order valence-corrected chi connectivity index (χ1v) is 8.76. The predicted octanol–water partition coefficient (Wildman–Crippen LogP) is 2.83. The van der Waals surface area contributed by atoms with Crippen molar-refractivity contribution in [2.45, 2.75) is 39.7 Å². The highest BCUT2D eigenvalue weighted by atomic mass is 19.1. The molecule has 4 nitrogen and oxygen atoms in total. The number of nitrogens with zero attached hydrogens (tertiary/aromatic N) is 2. The number of halogens is 1. The Balaban J connectivity index is 2.01. The Labute approximate surface area is 144 Å². The van der Waals surface area contributed by atoms with Gasteiger partial charge in [-0.25, -0.2) is 4.39 Å². The SMILES string of the molecule is CCN(C(=O)CN1CCCC(C)(CO)C1)C(C)c1ccc(F)cc1. The molecule has 5 heteroatoms. The number of hydrogen-bond acceptors (Lipinski definition) is 3. The molecule has 0 saturated carbocycles. The number of aliphatic hydroxyl groups excluding tert-OH is 1. The summed E-state index contributed by atoms with van der Waals surface area (Å²) in [7, 11) is 0. The summed E-state index contributed by atoms with van der Waals surface area (Å²) in [6.45, 7) is 8.79. The molecular weight excluding hydrogens is 307 g/mol. The molecule has 0 spiro atoms. The Morgan fingerprint density at radius 2 is 2.08 bits per heavy atom. The topological polar surface area (TPSA) is 43.8 Å². The third-order valence-corrected chi connectivity index (χ3v) is 5.08. The maximum atomic E-state index is 13.1. The van der Waals surface area contributed by atoms with Gasteiger partial charge in [-0.3, -0.25) is 9.69 Å². The fourth-order valence-electron chi connectivity index (χ4n) is 3.56. The monoisotopic (exact) mass is 336 g/mol. The molecule has 1 aromatic rings.